The molecule has 0 atom stereocenters. The predicted octanol–water partition coefficient (Wildman–Crippen LogP) is 2.83. The molecule has 0 unspecified atom stereocenters. The van der Waals surface area contributed by atoms with Gasteiger partial charge in [0.15, 0.2) is 0 Å². The van der Waals surface area contributed by atoms with Crippen molar-refractivity contribution in [2.24, 2.45) is 0 Å². The first-order valence-corrected chi connectivity index (χ1v) is 8.88. The van der Waals surface area contributed by atoms with Crippen LogP contribution in [0.15, 0.2) is 59.8 Å². The van der Waals surface area contributed by atoms with E-state index in [4.69, 9.17) is 0 Å². The molecule has 22 heavy (non-hydrogen) atoms. The Bertz CT molecular complexity index is 776. The van der Waals surface area contributed by atoms with Crippen molar-refractivity contribution in [1.82, 2.24) is 8.87 Å². The largest absolute Gasteiger partial charge is 0.306 e. The van der Waals surface area contributed by atoms with Crippen LogP contribution in [0, 0.1) is 0 Å². The third-order valence-electron chi connectivity index (χ3n) is 4.02. The van der Waals surface area contributed by atoms with Gasteiger partial charge in [0, 0.05) is 25.5 Å². The fraction of sp³-hybridized carbons (Fsp3) is 0.294. The summed E-state index contributed by atoms with van der Waals surface area (Å²) in [6.45, 7) is 2.05. The highest BCUT2D eigenvalue weighted by molar-refractivity contribution is 7.90. The fourth-order valence-corrected chi connectivity index (χ4v) is 3.90. The quantitative estimate of drug-likeness (QED) is 0.874. The summed E-state index contributed by atoms with van der Waals surface area (Å²) in [6.07, 6.45) is 7.53. The molecule has 1 aliphatic heterocycles. The molecule has 0 fully saturated rings. The number of nitrogens with zero attached hydrogens (tertiary/aromatic N) is 2. The molecule has 4 nitrogen and oxygen atoms in total. The molecule has 1 aromatic heterocycles. The first-order valence-electron chi connectivity index (χ1n) is 7.44. The molecule has 3 rings (SSSR count). The lowest BCUT2D eigenvalue weighted by molar-refractivity contribution is 0.355. The van der Waals surface area contributed by atoms with Gasteiger partial charge in [0.25, 0.3) is 10.0 Å². The normalized spacial score (nSPS) is 17.0. The van der Waals surface area contributed by atoms with Gasteiger partial charge in [-0.2, -0.15) is 0 Å². The van der Waals surface area contributed by atoms with Gasteiger partial charge >= 0.3 is 0 Å². The summed E-state index contributed by atoms with van der Waals surface area (Å²) in [7, 11) is -1.38. The fourth-order valence-electron chi connectivity index (χ4n) is 2.68. The molecule has 0 bridgehead atoms. The van der Waals surface area contributed by atoms with E-state index in [2.05, 4.69) is 18.0 Å². The number of hydrogen-bond donors (Lipinski definition) is 0. The van der Waals surface area contributed by atoms with Gasteiger partial charge in [-0.25, -0.2) is 12.4 Å². The number of benzene rings is 1. The zero-order valence-corrected chi connectivity index (χ0v) is 13.5. The van der Waals surface area contributed by atoms with Gasteiger partial charge in [-0.15, -0.1) is 0 Å². The highest BCUT2D eigenvalue weighted by atomic mass is 32.2. The molecular weight excluding hydrogens is 296 g/mol. The van der Waals surface area contributed by atoms with E-state index < -0.39 is 10.0 Å². The molecule has 0 aliphatic carbocycles. The van der Waals surface area contributed by atoms with Crippen LogP contribution >= 0.6 is 0 Å². The van der Waals surface area contributed by atoms with Gasteiger partial charge in [0.1, 0.15) is 0 Å². The molecule has 2 aromatic rings. The standard InChI is InChI=1S/C17H20N2O2S/c1-18-11-5-6-15(9-12-18)16-10-13-19(14-16)22(20,21)17-7-3-2-4-8-17/h2-4,6-8,10,13-14H,5,9,11-12H2,1H3. The molecule has 0 saturated heterocycles. The Morgan fingerprint density at radius 2 is 1.82 bits per heavy atom. The third-order valence-corrected chi connectivity index (χ3v) is 5.67. The Labute approximate surface area is 131 Å². The average Bonchev–Trinajstić information content (AvgIpc) is 2.93. The molecule has 0 N–H and O–H groups in total. The minimum Gasteiger partial charge on any atom is -0.306 e. The van der Waals surface area contributed by atoms with Crippen LogP contribution in [-0.4, -0.2) is 37.4 Å². The Morgan fingerprint density at radius 3 is 2.59 bits per heavy atom. The number of hydrogen-bond acceptors (Lipinski definition) is 3. The van der Waals surface area contributed by atoms with Crippen LogP contribution in [-0.2, 0) is 10.0 Å². The van der Waals surface area contributed by atoms with Crippen molar-refractivity contribution < 1.29 is 8.42 Å². The SMILES string of the molecule is CN1CCC=C(c2ccn(S(=O)(=O)c3ccccc3)c2)CC1. The van der Waals surface area contributed by atoms with Crippen molar-refractivity contribution in [1.29, 1.82) is 0 Å². The second kappa shape index (κ2) is 6.10. The van der Waals surface area contributed by atoms with E-state index in [0.29, 0.717) is 4.90 Å². The topological polar surface area (TPSA) is 42.3 Å². The van der Waals surface area contributed by atoms with E-state index in [1.54, 1.807) is 36.7 Å². The predicted molar refractivity (Wildman–Crippen MR) is 88.2 cm³/mol. The Hall–Kier alpha value is -1.85. The third kappa shape index (κ3) is 3.00. The second-order valence-electron chi connectivity index (χ2n) is 5.62. The maximum absolute atomic E-state index is 12.6. The molecule has 0 saturated carbocycles. The number of aromatic nitrogens is 1. The lowest BCUT2D eigenvalue weighted by atomic mass is 10.1. The van der Waals surface area contributed by atoms with E-state index in [-0.39, 0.29) is 0 Å². The Kier molecular flexibility index (Phi) is 4.18. The molecular formula is C17H20N2O2S. The first-order chi connectivity index (χ1) is 10.6. The maximum Gasteiger partial charge on any atom is 0.267 e. The molecule has 0 spiro atoms. The maximum atomic E-state index is 12.6. The molecule has 5 heteroatoms. The molecule has 0 amide bonds. The van der Waals surface area contributed by atoms with Gasteiger partial charge in [-0.1, -0.05) is 24.3 Å². The van der Waals surface area contributed by atoms with Crippen molar-refractivity contribution >= 4 is 15.6 Å². The summed E-state index contributed by atoms with van der Waals surface area (Å²) in [5.41, 5.74) is 2.22. The monoisotopic (exact) mass is 316 g/mol. The van der Waals surface area contributed by atoms with E-state index in [9.17, 15) is 8.42 Å². The smallest absolute Gasteiger partial charge is 0.267 e. The first kappa shape index (κ1) is 15.1. The van der Waals surface area contributed by atoms with Crippen LogP contribution in [0.25, 0.3) is 5.57 Å². The van der Waals surface area contributed by atoms with E-state index in [1.807, 2.05) is 12.1 Å². The number of rotatable bonds is 3. The highest BCUT2D eigenvalue weighted by Gasteiger charge is 2.17. The summed E-state index contributed by atoms with van der Waals surface area (Å²) in [5.74, 6) is 0. The van der Waals surface area contributed by atoms with Crippen molar-refractivity contribution in [3.05, 3.63) is 60.4 Å². The molecule has 2 heterocycles. The van der Waals surface area contributed by atoms with E-state index in [1.165, 1.54) is 9.55 Å². The van der Waals surface area contributed by atoms with Gasteiger partial charge < -0.3 is 4.90 Å². The van der Waals surface area contributed by atoms with E-state index in [0.717, 1.165) is 31.5 Å². The van der Waals surface area contributed by atoms with Crippen molar-refractivity contribution in [2.45, 2.75) is 17.7 Å². The van der Waals surface area contributed by atoms with Crippen molar-refractivity contribution in [3.8, 4) is 0 Å². The lowest BCUT2D eigenvalue weighted by Gasteiger charge is -2.12. The van der Waals surface area contributed by atoms with Crippen molar-refractivity contribution in [3.63, 3.8) is 0 Å². The minimum atomic E-state index is -3.50. The van der Waals surface area contributed by atoms with Crippen LogP contribution in [0.2, 0.25) is 0 Å². The second-order valence-corrected chi connectivity index (χ2v) is 7.46. The zero-order chi connectivity index (χ0) is 15.6. The lowest BCUT2D eigenvalue weighted by Crippen LogP contribution is -2.18. The minimum absolute atomic E-state index is 0.312. The van der Waals surface area contributed by atoms with Gasteiger partial charge in [-0.3, -0.25) is 0 Å². The summed E-state index contributed by atoms with van der Waals surface area (Å²) in [5, 5.41) is 0. The zero-order valence-electron chi connectivity index (χ0n) is 12.6. The summed E-state index contributed by atoms with van der Waals surface area (Å²) < 4.78 is 26.5. The van der Waals surface area contributed by atoms with Gasteiger partial charge in [0.2, 0.25) is 0 Å². The molecule has 116 valence electrons. The van der Waals surface area contributed by atoms with Crippen LogP contribution < -0.4 is 0 Å². The average molecular weight is 316 g/mol. The van der Waals surface area contributed by atoms with Crippen LogP contribution in [0.4, 0.5) is 0 Å². The Morgan fingerprint density at radius 1 is 1.05 bits per heavy atom. The highest BCUT2D eigenvalue weighted by Crippen LogP contribution is 2.24. The van der Waals surface area contributed by atoms with Crippen LogP contribution in [0.3, 0.4) is 0 Å². The molecule has 1 aromatic carbocycles. The Balaban J connectivity index is 1.90. The molecule has 0 radical (unpaired) electrons. The van der Waals surface area contributed by atoms with Crippen LogP contribution in [0.1, 0.15) is 18.4 Å². The summed E-state index contributed by atoms with van der Waals surface area (Å²) in [4.78, 5) is 2.60. The van der Waals surface area contributed by atoms with Crippen molar-refractivity contribution in [2.75, 3.05) is 20.1 Å². The summed E-state index contributed by atoms with van der Waals surface area (Å²) in [6, 6.07) is 10.4. The van der Waals surface area contributed by atoms with Gasteiger partial charge in [-0.05, 0) is 49.2 Å². The van der Waals surface area contributed by atoms with E-state index >= 15 is 0 Å². The molecule has 1 aliphatic rings. The van der Waals surface area contributed by atoms with Gasteiger partial charge in [0.05, 0.1) is 4.90 Å². The van der Waals surface area contributed by atoms with Crippen LogP contribution in [0.5, 0.6) is 0 Å². The summed E-state index contributed by atoms with van der Waals surface area (Å²) >= 11 is 0.